The molecule has 3 heterocycles. The molecule has 0 aromatic carbocycles. The summed E-state index contributed by atoms with van der Waals surface area (Å²) in [6.07, 6.45) is 9.75. The maximum absolute atomic E-state index is 13.3. The van der Waals surface area contributed by atoms with E-state index in [0.29, 0.717) is 24.8 Å². The minimum atomic E-state index is -0.508. The normalized spacial score (nSPS) is 12.8. The molecule has 0 saturated heterocycles. The van der Waals surface area contributed by atoms with E-state index >= 15 is 0 Å². The van der Waals surface area contributed by atoms with Crippen molar-refractivity contribution >= 4 is 29.0 Å². The third-order valence-corrected chi connectivity index (χ3v) is 5.06. The zero-order valence-electron chi connectivity index (χ0n) is 18.4. The number of hydrogen-bond donors (Lipinski definition) is 2. The fourth-order valence-corrected chi connectivity index (χ4v) is 3.10. The van der Waals surface area contributed by atoms with Gasteiger partial charge in [-0.15, -0.1) is 0 Å². The molecule has 2 N–H and O–H groups in total. The lowest BCUT2D eigenvalue weighted by molar-refractivity contribution is 0.0739. The molecule has 2 amide bonds. The highest BCUT2D eigenvalue weighted by molar-refractivity contribution is 6.09. The van der Waals surface area contributed by atoms with Crippen LogP contribution in [0.25, 0.3) is 0 Å². The van der Waals surface area contributed by atoms with E-state index in [4.69, 9.17) is 4.74 Å². The predicted octanol–water partition coefficient (Wildman–Crippen LogP) is 2.25. The fourth-order valence-electron chi connectivity index (χ4n) is 3.10. The number of methoxy groups -OCH3 is 1. The summed E-state index contributed by atoms with van der Waals surface area (Å²) in [6, 6.07) is 3.27. The van der Waals surface area contributed by atoms with Crippen LogP contribution in [-0.2, 0) is 4.74 Å². The number of amides is 2. The Morgan fingerprint density at radius 1 is 1.15 bits per heavy atom. The summed E-state index contributed by atoms with van der Waals surface area (Å²) in [5.74, 6) is -0.268. The first-order chi connectivity index (χ1) is 16.1. The van der Waals surface area contributed by atoms with Crippen LogP contribution in [0.3, 0.4) is 0 Å². The van der Waals surface area contributed by atoms with E-state index in [2.05, 4.69) is 35.6 Å². The number of carbonyl (C=O) groups is 2. The maximum Gasteiger partial charge on any atom is 0.278 e. The Labute approximate surface area is 190 Å². The molecule has 1 aliphatic rings. The van der Waals surface area contributed by atoms with Crippen LogP contribution >= 0.6 is 0 Å². The van der Waals surface area contributed by atoms with Crippen molar-refractivity contribution in [3.8, 4) is 0 Å². The zero-order valence-corrected chi connectivity index (χ0v) is 18.4. The van der Waals surface area contributed by atoms with Crippen molar-refractivity contribution in [1.82, 2.24) is 29.8 Å². The first-order valence-corrected chi connectivity index (χ1v) is 10.5. The number of hydrogen-bond acceptors (Lipinski definition) is 9. The highest BCUT2D eigenvalue weighted by atomic mass is 16.5. The molecule has 4 rings (SSSR count). The summed E-state index contributed by atoms with van der Waals surface area (Å²) in [5.41, 5.74) is 1.85. The Morgan fingerprint density at radius 3 is 2.67 bits per heavy atom. The van der Waals surface area contributed by atoms with Gasteiger partial charge < -0.3 is 20.3 Å². The quantitative estimate of drug-likeness (QED) is 0.505. The minimum Gasteiger partial charge on any atom is -0.383 e. The first-order valence-electron chi connectivity index (χ1n) is 10.5. The second-order valence-electron chi connectivity index (χ2n) is 7.59. The minimum absolute atomic E-state index is 0.109. The molecule has 1 fully saturated rings. The standard InChI is InChI=1S/C22H24N8O3/c1-30(8-9-33-2)22(32)18-16(4-3-7-25-18)29-21(31)19-20(27-15-10-23-13-24-11-15)26-12-17(28-19)14-5-6-14/h3-4,7,10-14H,5-6,8-9H2,1-2H3,(H,26,27)(H,29,31). The van der Waals surface area contributed by atoms with Gasteiger partial charge >= 0.3 is 0 Å². The summed E-state index contributed by atoms with van der Waals surface area (Å²) in [7, 11) is 3.21. The third-order valence-electron chi connectivity index (χ3n) is 5.06. The molecular formula is C22H24N8O3. The number of carbonyl (C=O) groups excluding carboxylic acids is 2. The van der Waals surface area contributed by atoms with Crippen molar-refractivity contribution in [2.45, 2.75) is 18.8 Å². The molecule has 0 spiro atoms. The molecule has 3 aromatic rings. The monoisotopic (exact) mass is 448 g/mol. The number of rotatable bonds is 9. The van der Waals surface area contributed by atoms with Crippen LogP contribution in [0.5, 0.6) is 0 Å². The highest BCUT2D eigenvalue weighted by Crippen LogP contribution is 2.39. The van der Waals surface area contributed by atoms with Gasteiger partial charge in [0.2, 0.25) is 0 Å². The number of nitrogens with zero attached hydrogens (tertiary/aromatic N) is 6. The molecule has 0 aliphatic heterocycles. The van der Waals surface area contributed by atoms with Crippen LogP contribution in [0.1, 0.15) is 45.4 Å². The van der Waals surface area contributed by atoms with Gasteiger partial charge in [0.05, 0.1) is 42.3 Å². The van der Waals surface area contributed by atoms with Crippen LogP contribution in [-0.4, -0.2) is 68.9 Å². The summed E-state index contributed by atoms with van der Waals surface area (Å²) in [4.78, 5) is 48.7. The van der Waals surface area contributed by atoms with Crippen molar-refractivity contribution in [3.63, 3.8) is 0 Å². The molecule has 170 valence electrons. The van der Waals surface area contributed by atoms with E-state index in [1.54, 1.807) is 44.9 Å². The number of anilines is 3. The van der Waals surface area contributed by atoms with Crippen LogP contribution in [0, 0.1) is 0 Å². The largest absolute Gasteiger partial charge is 0.383 e. The molecule has 1 saturated carbocycles. The lowest BCUT2D eigenvalue weighted by atomic mass is 10.2. The first kappa shape index (κ1) is 22.2. The van der Waals surface area contributed by atoms with Gasteiger partial charge in [0.1, 0.15) is 6.33 Å². The van der Waals surface area contributed by atoms with Gasteiger partial charge in [-0.2, -0.15) is 0 Å². The number of nitrogens with one attached hydrogen (secondary N) is 2. The molecule has 0 radical (unpaired) electrons. The summed E-state index contributed by atoms with van der Waals surface area (Å²) in [6.45, 7) is 0.778. The number of ether oxygens (including phenoxy) is 1. The van der Waals surface area contributed by atoms with Gasteiger partial charge in [0.15, 0.2) is 17.2 Å². The van der Waals surface area contributed by atoms with Gasteiger partial charge in [-0.05, 0) is 25.0 Å². The predicted molar refractivity (Wildman–Crippen MR) is 120 cm³/mol. The van der Waals surface area contributed by atoms with Gasteiger partial charge in [0, 0.05) is 32.8 Å². The summed E-state index contributed by atoms with van der Waals surface area (Å²) < 4.78 is 5.03. The zero-order chi connectivity index (χ0) is 23.2. The molecule has 33 heavy (non-hydrogen) atoms. The molecule has 11 nitrogen and oxygen atoms in total. The number of aromatic nitrogens is 5. The van der Waals surface area contributed by atoms with Gasteiger partial charge in [-0.3, -0.25) is 9.59 Å². The second kappa shape index (κ2) is 10.1. The van der Waals surface area contributed by atoms with Crippen LogP contribution < -0.4 is 10.6 Å². The average Bonchev–Trinajstić information content (AvgIpc) is 3.69. The van der Waals surface area contributed by atoms with Crippen molar-refractivity contribution in [1.29, 1.82) is 0 Å². The Kier molecular flexibility index (Phi) is 6.79. The Bertz CT molecular complexity index is 1140. The van der Waals surface area contributed by atoms with Crippen molar-refractivity contribution < 1.29 is 14.3 Å². The van der Waals surface area contributed by atoms with Crippen molar-refractivity contribution in [2.24, 2.45) is 0 Å². The number of likely N-dealkylation sites (N-methyl/N-ethyl adjacent to an activating group) is 1. The SMILES string of the molecule is COCCN(C)C(=O)c1ncccc1NC(=O)c1nc(C2CC2)cnc1Nc1cncnc1. The van der Waals surface area contributed by atoms with Crippen LogP contribution in [0.2, 0.25) is 0 Å². The fraction of sp³-hybridized carbons (Fsp3) is 0.318. The number of pyridine rings is 1. The topological polar surface area (TPSA) is 135 Å². The van der Waals surface area contributed by atoms with E-state index in [1.165, 1.54) is 17.4 Å². The lowest BCUT2D eigenvalue weighted by Crippen LogP contribution is -2.31. The molecule has 3 aromatic heterocycles. The molecule has 0 atom stereocenters. The van der Waals surface area contributed by atoms with Gasteiger partial charge in [-0.1, -0.05) is 0 Å². The van der Waals surface area contributed by atoms with Crippen molar-refractivity contribution in [2.75, 3.05) is 37.9 Å². The second-order valence-corrected chi connectivity index (χ2v) is 7.59. The van der Waals surface area contributed by atoms with Gasteiger partial charge in [0.25, 0.3) is 11.8 Å². The average molecular weight is 448 g/mol. The molecule has 1 aliphatic carbocycles. The van der Waals surface area contributed by atoms with Crippen LogP contribution in [0.4, 0.5) is 17.2 Å². The highest BCUT2D eigenvalue weighted by Gasteiger charge is 2.28. The molecule has 0 unspecified atom stereocenters. The smallest absolute Gasteiger partial charge is 0.278 e. The van der Waals surface area contributed by atoms with E-state index in [0.717, 1.165) is 18.5 Å². The van der Waals surface area contributed by atoms with E-state index in [1.807, 2.05) is 0 Å². The summed E-state index contributed by atoms with van der Waals surface area (Å²) in [5, 5.41) is 5.82. The van der Waals surface area contributed by atoms with Crippen LogP contribution in [0.15, 0.2) is 43.2 Å². The molecular weight excluding hydrogens is 424 g/mol. The molecule has 11 heteroatoms. The summed E-state index contributed by atoms with van der Waals surface area (Å²) >= 11 is 0. The molecule has 0 bridgehead atoms. The Morgan fingerprint density at radius 2 is 1.94 bits per heavy atom. The maximum atomic E-state index is 13.3. The third kappa shape index (κ3) is 5.44. The Hall–Kier alpha value is -3.99. The van der Waals surface area contributed by atoms with E-state index < -0.39 is 5.91 Å². The van der Waals surface area contributed by atoms with E-state index in [-0.39, 0.29) is 28.8 Å². The van der Waals surface area contributed by atoms with E-state index in [9.17, 15) is 9.59 Å². The van der Waals surface area contributed by atoms with Gasteiger partial charge in [-0.25, -0.2) is 24.9 Å². The Balaban J connectivity index is 1.61. The lowest BCUT2D eigenvalue weighted by Gasteiger charge is -2.18. The van der Waals surface area contributed by atoms with Crippen molar-refractivity contribution in [3.05, 3.63) is 60.3 Å².